The van der Waals surface area contributed by atoms with E-state index in [0.29, 0.717) is 5.75 Å². The van der Waals surface area contributed by atoms with Crippen molar-refractivity contribution in [3.8, 4) is 0 Å². The summed E-state index contributed by atoms with van der Waals surface area (Å²) in [5, 5.41) is 7.37. The first-order valence-corrected chi connectivity index (χ1v) is 6.23. The van der Waals surface area contributed by atoms with E-state index >= 15 is 0 Å². The zero-order valence-electron chi connectivity index (χ0n) is 8.50. The second-order valence-corrected chi connectivity index (χ2v) is 4.80. The summed E-state index contributed by atoms with van der Waals surface area (Å²) in [6, 6.07) is 9.66. The highest BCUT2D eigenvalue weighted by atomic mass is 32.2. The van der Waals surface area contributed by atoms with Gasteiger partial charge < -0.3 is 5.11 Å². The summed E-state index contributed by atoms with van der Waals surface area (Å²) in [5.74, 6) is -0.954. The number of carbonyl (C=O) groups excluding carboxylic acids is 1. The van der Waals surface area contributed by atoms with E-state index in [1.54, 1.807) is 0 Å². The number of hydrogen-bond acceptors (Lipinski definition) is 4. The third-order valence-electron chi connectivity index (χ3n) is 1.90. The van der Waals surface area contributed by atoms with Gasteiger partial charge in [-0.3, -0.25) is 9.59 Å². The molecule has 0 aliphatic rings. The smallest absolute Gasteiger partial charge is 0.324 e. The molecule has 1 atom stereocenters. The minimum Gasteiger partial charge on any atom is -0.480 e. The predicted molar refractivity (Wildman–Crippen MR) is 67.2 cm³/mol. The van der Waals surface area contributed by atoms with Gasteiger partial charge in [-0.15, -0.1) is 11.8 Å². The van der Waals surface area contributed by atoms with Gasteiger partial charge in [-0.1, -0.05) is 18.2 Å². The van der Waals surface area contributed by atoms with E-state index in [4.69, 9.17) is 5.11 Å². The zero-order valence-corrected chi connectivity index (χ0v) is 10.2. The number of hydrogen-bond donors (Lipinski definition) is 2. The highest BCUT2D eigenvalue weighted by Gasteiger charge is 2.20. The van der Waals surface area contributed by atoms with Crippen molar-refractivity contribution in [1.82, 2.24) is 0 Å². The van der Waals surface area contributed by atoms with Gasteiger partial charge in [-0.2, -0.15) is 12.6 Å². The lowest BCUT2D eigenvalue weighted by Gasteiger charge is -2.04. The van der Waals surface area contributed by atoms with Crippen molar-refractivity contribution in [2.45, 2.75) is 16.6 Å². The number of rotatable bonds is 6. The molecule has 1 aromatic carbocycles. The van der Waals surface area contributed by atoms with E-state index in [1.165, 1.54) is 11.8 Å². The predicted octanol–water partition coefficient (Wildman–Crippen LogP) is 2.12. The van der Waals surface area contributed by atoms with E-state index in [9.17, 15) is 9.59 Å². The van der Waals surface area contributed by atoms with E-state index in [-0.39, 0.29) is 12.2 Å². The van der Waals surface area contributed by atoms with Crippen molar-refractivity contribution < 1.29 is 14.7 Å². The van der Waals surface area contributed by atoms with Gasteiger partial charge in [0.05, 0.1) is 0 Å². The third-order valence-corrected chi connectivity index (χ3v) is 3.42. The second kappa shape index (κ2) is 6.60. The number of carbonyl (C=O) groups is 2. The fourth-order valence-corrected chi connectivity index (χ4v) is 2.08. The number of carboxylic acid groups (broad SMARTS) is 1. The Labute approximate surface area is 104 Å². The molecule has 1 unspecified atom stereocenters. The standard InChI is InChI=1S/C11H12O3S2/c12-9(10(15)11(13)14)6-7-16-8-4-2-1-3-5-8/h1-5,10,15H,6-7H2,(H,13,14). The van der Waals surface area contributed by atoms with Crippen molar-refractivity contribution in [3.63, 3.8) is 0 Å². The monoisotopic (exact) mass is 256 g/mol. The molecule has 0 saturated heterocycles. The van der Waals surface area contributed by atoms with Gasteiger partial charge in [0, 0.05) is 17.1 Å². The van der Waals surface area contributed by atoms with Gasteiger partial charge in [0.25, 0.3) is 0 Å². The summed E-state index contributed by atoms with van der Waals surface area (Å²) in [5.41, 5.74) is 0. The van der Waals surface area contributed by atoms with Gasteiger partial charge in [0.2, 0.25) is 0 Å². The van der Waals surface area contributed by atoms with Gasteiger partial charge in [-0.25, -0.2) is 0 Å². The number of aliphatic carboxylic acids is 1. The van der Waals surface area contributed by atoms with E-state index in [0.717, 1.165) is 4.90 Å². The van der Waals surface area contributed by atoms with Crippen molar-refractivity contribution in [2.24, 2.45) is 0 Å². The lowest BCUT2D eigenvalue weighted by molar-refractivity contribution is -0.139. The summed E-state index contributed by atoms with van der Waals surface area (Å²) in [4.78, 5) is 22.8. The minimum absolute atomic E-state index is 0.222. The van der Waals surface area contributed by atoms with Crippen LogP contribution in [0.15, 0.2) is 35.2 Å². The molecule has 0 aliphatic heterocycles. The zero-order chi connectivity index (χ0) is 12.0. The average molecular weight is 256 g/mol. The Morgan fingerprint density at radius 3 is 2.50 bits per heavy atom. The van der Waals surface area contributed by atoms with Crippen molar-refractivity contribution >= 4 is 36.1 Å². The Kier molecular flexibility index (Phi) is 5.42. The fourth-order valence-electron chi connectivity index (χ4n) is 1.06. The molecule has 0 radical (unpaired) electrons. The number of Topliss-reactive ketones (excluding diaryl/α,β-unsaturated/α-hetero) is 1. The summed E-state index contributed by atoms with van der Waals surface area (Å²) in [6.07, 6.45) is 0.222. The Morgan fingerprint density at radius 2 is 1.94 bits per heavy atom. The van der Waals surface area contributed by atoms with Gasteiger partial charge in [-0.05, 0) is 12.1 Å². The normalized spacial score (nSPS) is 12.1. The molecule has 0 saturated carbocycles. The molecule has 16 heavy (non-hydrogen) atoms. The second-order valence-electron chi connectivity index (χ2n) is 3.12. The Balaban J connectivity index is 2.31. The van der Waals surface area contributed by atoms with Gasteiger partial charge >= 0.3 is 5.97 Å². The summed E-state index contributed by atoms with van der Waals surface area (Å²) in [7, 11) is 0. The molecule has 1 N–H and O–H groups in total. The number of thiol groups is 1. The first kappa shape index (κ1) is 13.1. The molecule has 3 nitrogen and oxygen atoms in total. The van der Waals surface area contributed by atoms with Crippen LogP contribution >= 0.6 is 24.4 Å². The molecule has 0 aromatic heterocycles. The molecule has 0 spiro atoms. The number of benzene rings is 1. The largest absolute Gasteiger partial charge is 0.480 e. The maximum atomic E-state index is 11.3. The maximum Gasteiger partial charge on any atom is 0.324 e. The highest BCUT2D eigenvalue weighted by Crippen LogP contribution is 2.18. The summed E-state index contributed by atoms with van der Waals surface area (Å²) < 4.78 is 0. The van der Waals surface area contributed by atoms with Gasteiger partial charge in [0.15, 0.2) is 11.0 Å². The molecule has 1 rings (SSSR count). The van der Waals surface area contributed by atoms with Crippen LogP contribution in [0.1, 0.15) is 6.42 Å². The van der Waals surface area contributed by atoms with Gasteiger partial charge in [0.1, 0.15) is 0 Å². The Bertz CT molecular complexity index is 365. The van der Waals surface area contributed by atoms with Crippen LogP contribution in [0.2, 0.25) is 0 Å². The Hall–Kier alpha value is -0.940. The molecule has 0 heterocycles. The average Bonchev–Trinajstić information content (AvgIpc) is 2.29. The first-order valence-electron chi connectivity index (χ1n) is 4.72. The third kappa shape index (κ3) is 4.28. The van der Waals surface area contributed by atoms with Crippen molar-refractivity contribution in [3.05, 3.63) is 30.3 Å². The quantitative estimate of drug-likeness (QED) is 0.465. The van der Waals surface area contributed by atoms with Crippen LogP contribution in [0.4, 0.5) is 0 Å². The molecule has 0 bridgehead atoms. The number of ketones is 1. The first-order chi connectivity index (χ1) is 7.61. The molecule has 5 heteroatoms. The maximum absolute atomic E-state index is 11.3. The summed E-state index contributed by atoms with van der Waals surface area (Å²) in [6.45, 7) is 0. The van der Waals surface area contributed by atoms with Crippen LogP contribution in [0.25, 0.3) is 0 Å². The number of carboxylic acids is 1. The van der Waals surface area contributed by atoms with Crippen LogP contribution in [0.3, 0.4) is 0 Å². The van der Waals surface area contributed by atoms with E-state index < -0.39 is 11.2 Å². The Morgan fingerprint density at radius 1 is 1.31 bits per heavy atom. The van der Waals surface area contributed by atoms with Crippen molar-refractivity contribution in [1.29, 1.82) is 0 Å². The molecule has 1 aromatic rings. The van der Waals surface area contributed by atoms with Crippen LogP contribution in [0, 0.1) is 0 Å². The molecule has 0 amide bonds. The lowest BCUT2D eigenvalue weighted by Crippen LogP contribution is -2.24. The van der Waals surface area contributed by atoms with Crippen LogP contribution < -0.4 is 0 Å². The molecular weight excluding hydrogens is 244 g/mol. The molecule has 86 valence electrons. The minimum atomic E-state index is -1.20. The topological polar surface area (TPSA) is 54.4 Å². The fraction of sp³-hybridized carbons (Fsp3) is 0.273. The van der Waals surface area contributed by atoms with Crippen LogP contribution in [-0.2, 0) is 9.59 Å². The molecular formula is C11H12O3S2. The van der Waals surface area contributed by atoms with E-state index in [2.05, 4.69) is 12.6 Å². The lowest BCUT2D eigenvalue weighted by atomic mass is 10.2. The SMILES string of the molecule is O=C(O)C(S)C(=O)CCSc1ccccc1. The molecule has 0 fully saturated rings. The van der Waals surface area contributed by atoms with Crippen molar-refractivity contribution in [2.75, 3.05) is 5.75 Å². The van der Waals surface area contributed by atoms with Crippen LogP contribution in [-0.4, -0.2) is 27.9 Å². The highest BCUT2D eigenvalue weighted by molar-refractivity contribution is 7.99. The van der Waals surface area contributed by atoms with E-state index in [1.807, 2.05) is 30.3 Å². The summed E-state index contributed by atoms with van der Waals surface area (Å²) >= 11 is 5.25. The number of thioether (sulfide) groups is 1. The molecule has 0 aliphatic carbocycles. The van der Waals surface area contributed by atoms with Crippen LogP contribution in [0.5, 0.6) is 0 Å².